The van der Waals surface area contributed by atoms with Gasteiger partial charge in [0.05, 0.1) is 12.1 Å². The van der Waals surface area contributed by atoms with E-state index < -0.39 is 0 Å². The van der Waals surface area contributed by atoms with Gasteiger partial charge in [0.15, 0.2) is 0 Å². The summed E-state index contributed by atoms with van der Waals surface area (Å²) in [6.07, 6.45) is 5.46. The van der Waals surface area contributed by atoms with Crippen LogP contribution in [0.2, 0.25) is 0 Å². The van der Waals surface area contributed by atoms with Crippen molar-refractivity contribution in [2.75, 3.05) is 0 Å². The summed E-state index contributed by atoms with van der Waals surface area (Å²) in [6, 6.07) is 10.6. The summed E-state index contributed by atoms with van der Waals surface area (Å²) in [5.74, 6) is 0. The van der Waals surface area contributed by atoms with Gasteiger partial charge in [0.25, 0.3) is 0 Å². The fourth-order valence-corrected chi connectivity index (χ4v) is 2.85. The summed E-state index contributed by atoms with van der Waals surface area (Å²) < 4.78 is 0. The van der Waals surface area contributed by atoms with Crippen LogP contribution in [-0.2, 0) is 6.54 Å². The monoisotopic (exact) mass is 259 g/mol. The van der Waals surface area contributed by atoms with Gasteiger partial charge < -0.3 is 0 Å². The molecular formula is C17H13N3. The topological polar surface area (TPSA) is 38.1 Å². The number of aryl methyl sites for hydroxylation is 1. The van der Waals surface area contributed by atoms with Crippen LogP contribution in [0.25, 0.3) is 22.0 Å². The molecule has 0 N–H and O–H groups in total. The molecule has 1 aromatic heterocycles. The fourth-order valence-electron chi connectivity index (χ4n) is 2.85. The molecule has 0 atom stereocenters. The summed E-state index contributed by atoms with van der Waals surface area (Å²) in [5, 5.41) is 1.09. The molecule has 3 aromatic rings. The molecule has 3 heteroatoms. The lowest BCUT2D eigenvalue weighted by molar-refractivity contribution is 1.11. The van der Waals surface area contributed by atoms with Crippen molar-refractivity contribution >= 4 is 17.1 Å². The Kier molecular flexibility index (Phi) is 2.39. The van der Waals surface area contributed by atoms with E-state index in [9.17, 15) is 0 Å². The zero-order chi connectivity index (χ0) is 13.5. The molecule has 0 radical (unpaired) electrons. The minimum atomic E-state index is 0.783. The van der Waals surface area contributed by atoms with E-state index in [2.05, 4.69) is 40.1 Å². The molecule has 96 valence electrons. The lowest BCUT2D eigenvalue weighted by Crippen LogP contribution is -1.93. The average Bonchev–Trinajstić information content (AvgIpc) is 2.94. The molecule has 3 nitrogen and oxygen atoms in total. The highest BCUT2D eigenvalue weighted by atomic mass is 14.8. The predicted molar refractivity (Wildman–Crippen MR) is 81.0 cm³/mol. The Labute approximate surface area is 117 Å². The van der Waals surface area contributed by atoms with Gasteiger partial charge in [-0.2, -0.15) is 0 Å². The van der Waals surface area contributed by atoms with E-state index in [0.717, 1.165) is 17.4 Å². The van der Waals surface area contributed by atoms with Gasteiger partial charge in [-0.1, -0.05) is 29.8 Å². The molecule has 2 aromatic carbocycles. The van der Waals surface area contributed by atoms with Gasteiger partial charge in [-0.3, -0.25) is 4.99 Å². The van der Waals surface area contributed by atoms with Crippen LogP contribution in [0.1, 0.15) is 16.7 Å². The Bertz CT molecular complexity index is 845. The first-order valence-electron chi connectivity index (χ1n) is 6.65. The first kappa shape index (κ1) is 11.3. The fraction of sp³-hybridized carbons (Fsp3) is 0.118. The third kappa shape index (κ3) is 1.63. The van der Waals surface area contributed by atoms with Crippen molar-refractivity contribution in [2.45, 2.75) is 13.5 Å². The summed E-state index contributed by atoms with van der Waals surface area (Å²) >= 11 is 0. The Morgan fingerprint density at radius 2 is 2.05 bits per heavy atom. The molecule has 0 saturated carbocycles. The smallest absolute Gasteiger partial charge is 0.116 e. The third-order valence-corrected chi connectivity index (χ3v) is 3.73. The zero-order valence-electron chi connectivity index (χ0n) is 11.2. The summed E-state index contributed by atoms with van der Waals surface area (Å²) in [5.41, 5.74) is 7.17. The van der Waals surface area contributed by atoms with Crippen LogP contribution < -0.4 is 0 Å². The summed E-state index contributed by atoms with van der Waals surface area (Å²) in [7, 11) is 0. The van der Waals surface area contributed by atoms with Crippen LogP contribution in [0.15, 0.2) is 47.8 Å². The van der Waals surface area contributed by atoms with Crippen molar-refractivity contribution in [2.24, 2.45) is 4.99 Å². The molecule has 1 aliphatic heterocycles. The van der Waals surface area contributed by atoms with Crippen LogP contribution in [0.3, 0.4) is 0 Å². The SMILES string of the molecule is Cc1cc2c(c(-c3cccc4ncncc34)c1)C=NC2. The van der Waals surface area contributed by atoms with Crippen LogP contribution in [0, 0.1) is 6.92 Å². The van der Waals surface area contributed by atoms with Crippen molar-refractivity contribution in [3.63, 3.8) is 0 Å². The van der Waals surface area contributed by atoms with E-state index in [1.165, 1.54) is 27.8 Å². The maximum Gasteiger partial charge on any atom is 0.116 e. The highest BCUT2D eigenvalue weighted by Gasteiger charge is 2.15. The number of rotatable bonds is 1. The summed E-state index contributed by atoms with van der Waals surface area (Å²) in [4.78, 5) is 12.9. The van der Waals surface area contributed by atoms with E-state index in [1.54, 1.807) is 6.33 Å². The van der Waals surface area contributed by atoms with E-state index in [-0.39, 0.29) is 0 Å². The molecule has 0 saturated heterocycles. The standard InChI is InChI=1S/C17H13N3/c1-11-5-12-7-18-8-15(12)14(6-11)13-3-2-4-17-16(13)9-19-10-20-17/h2-6,8-10H,7H2,1H3. The van der Waals surface area contributed by atoms with Gasteiger partial charge in [0.1, 0.15) is 6.33 Å². The minimum absolute atomic E-state index is 0.783. The number of fused-ring (bicyclic) bond motifs is 2. The molecule has 1 aliphatic rings. The quantitative estimate of drug-likeness (QED) is 0.670. The van der Waals surface area contributed by atoms with Crippen LogP contribution in [0.5, 0.6) is 0 Å². The second-order valence-corrected chi connectivity index (χ2v) is 5.12. The van der Waals surface area contributed by atoms with E-state index >= 15 is 0 Å². The predicted octanol–water partition coefficient (Wildman–Crippen LogP) is 3.54. The Hall–Kier alpha value is -2.55. The lowest BCUT2D eigenvalue weighted by atomic mass is 9.93. The molecule has 0 aliphatic carbocycles. The molecular weight excluding hydrogens is 246 g/mol. The molecule has 4 rings (SSSR count). The van der Waals surface area contributed by atoms with Gasteiger partial charge in [0, 0.05) is 23.4 Å². The molecule has 0 spiro atoms. The Morgan fingerprint density at radius 1 is 1.10 bits per heavy atom. The zero-order valence-corrected chi connectivity index (χ0v) is 11.2. The second-order valence-electron chi connectivity index (χ2n) is 5.12. The Morgan fingerprint density at radius 3 is 3.00 bits per heavy atom. The normalized spacial score (nSPS) is 12.8. The molecule has 0 unspecified atom stereocenters. The Balaban J connectivity index is 2.08. The van der Waals surface area contributed by atoms with Crippen LogP contribution >= 0.6 is 0 Å². The summed E-state index contributed by atoms with van der Waals surface area (Å²) in [6.45, 7) is 2.91. The van der Waals surface area contributed by atoms with Crippen molar-refractivity contribution in [1.82, 2.24) is 9.97 Å². The highest BCUT2D eigenvalue weighted by molar-refractivity contribution is 6.01. The van der Waals surface area contributed by atoms with Crippen LogP contribution in [-0.4, -0.2) is 16.2 Å². The number of aliphatic imine (C=N–C) groups is 1. The molecule has 0 amide bonds. The molecule has 2 heterocycles. The van der Waals surface area contributed by atoms with Gasteiger partial charge in [0.2, 0.25) is 0 Å². The van der Waals surface area contributed by atoms with Crippen molar-refractivity contribution < 1.29 is 0 Å². The van der Waals surface area contributed by atoms with Crippen LogP contribution in [0.4, 0.5) is 0 Å². The number of hydrogen-bond acceptors (Lipinski definition) is 3. The van der Waals surface area contributed by atoms with Gasteiger partial charge in [-0.05, 0) is 29.7 Å². The van der Waals surface area contributed by atoms with Gasteiger partial charge in [-0.25, -0.2) is 9.97 Å². The van der Waals surface area contributed by atoms with Crippen molar-refractivity contribution in [1.29, 1.82) is 0 Å². The number of nitrogens with zero attached hydrogens (tertiary/aromatic N) is 3. The largest absolute Gasteiger partial charge is 0.288 e. The molecule has 0 fully saturated rings. The minimum Gasteiger partial charge on any atom is -0.288 e. The first-order valence-corrected chi connectivity index (χ1v) is 6.65. The number of aromatic nitrogens is 2. The second kappa shape index (κ2) is 4.23. The maximum absolute atomic E-state index is 4.40. The number of hydrogen-bond donors (Lipinski definition) is 0. The lowest BCUT2D eigenvalue weighted by Gasteiger charge is -2.11. The molecule has 20 heavy (non-hydrogen) atoms. The van der Waals surface area contributed by atoms with Crippen molar-refractivity contribution in [3.05, 3.63) is 59.5 Å². The molecule has 0 bridgehead atoms. The number of benzene rings is 2. The van der Waals surface area contributed by atoms with E-state index in [1.807, 2.05) is 24.5 Å². The van der Waals surface area contributed by atoms with Gasteiger partial charge in [-0.15, -0.1) is 0 Å². The van der Waals surface area contributed by atoms with Crippen molar-refractivity contribution in [3.8, 4) is 11.1 Å². The maximum atomic E-state index is 4.40. The van der Waals surface area contributed by atoms with Gasteiger partial charge >= 0.3 is 0 Å². The highest BCUT2D eigenvalue weighted by Crippen LogP contribution is 2.33. The first-order chi connectivity index (χ1) is 9.83. The van der Waals surface area contributed by atoms with E-state index in [0.29, 0.717) is 0 Å². The third-order valence-electron chi connectivity index (χ3n) is 3.73. The van der Waals surface area contributed by atoms with E-state index in [4.69, 9.17) is 0 Å². The average molecular weight is 259 g/mol.